The molecule has 1 aromatic rings. The van der Waals surface area contributed by atoms with Gasteiger partial charge in [0.05, 0.1) is 22.7 Å². The first kappa shape index (κ1) is 14.2. The molecule has 5 heteroatoms. The molecule has 0 unspecified atom stereocenters. The molecule has 20 heavy (non-hydrogen) atoms. The Morgan fingerprint density at radius 3 is 2.60 bits per heavy atom. The van der Waals surface area contributed by atoms with Gasteiger partial charge in [0.25, 0.3) is 11.7 Å². The van der Waals surface area contributed by atoms with Gasteiger partial charge in [-0.05, 0) is 44.9 Å². The van der Waals surface area contributed by atoms with Crippen molar-refractivity contribution in [3.05, 3.63) is 29.1 Å². The van der Waals surface area contributed by atoms with Gasteiger partial charge in [0.1, 0.15) is 5.82 Å². The Labute approximate surface area is 116 Å². The fourth-order valence-corrected chi connectivity index (χ4v) is 2.27. The number of hydrogen-bond acceptors (Lipinski definition) is 3. The Morgan fingerprint density at radius 1 is 1.35 bits per heavy atom. The number of fused-ring (bicyclic) bond motifs is 1. The van der Waals surface area contributed by atoms with Crippen molar-refractivity contribution in [3.63, 3.8) is 0 Å². The molecule has 1 aliphatic heterocycles. The van der Waals surface area contributed by atoms with Crippen LogP contribution in [0.3, 0.4) is 0 Å². The summed E-state index contributed by atoms with van der Waals surface area (Å²) in [6.07, 6.45) is 0.443. The number of Topliss-reactive ketones (excluding diaryl/α,β-unsaturated/α-hetero) is 1. The molecule has 104 valence electrons. The first-order valence-electron chi connectivity index (χ1n) is 6.34. The summed E-state index contributed by atoms with van der Waals surface area (Å²) in [4.78, 5) is 25.2. The number of aryl methyl sites for hydroxylation is 1. The zero-order valence-electron chi connectivity index (χ0n) is 11.7. The molecular weight excluding hydrogens is 259 g/mol. The normalized spacial score (nSPS) is 14.4. The van der Waals surface area contributed by atoms with Crippen LogP contribution in [0.25, 0.3) is 0 Å². The second-order valence-electron chi connectivity index (χ2n) is 5.65. The van der Waals surface area contributed by atoms with Gasteiger partial charge in [-0.2, -0.15) is 5.26 Å². The van der Waals surface area contributed by atoms with Crippen LogP contribution in [0.15, 0.2) is 12.1 Å². The SMILES string of the molecule is Cc1cc(F)cc2c1N(CCC(C)(C)C#N)C(=O)C2=O. The van der Waals surface area contributed by atoms with E-state index < -0.39 is 22.9 Å². The highest BCUT2D eigenvalue weighted by molar-refractivity contribution is 6.52. The molecule has 0 saturated carbocycles. The van der Waals surface area contributed by atoms with Crippen LogP contribution in [0.2, 0.25) is 0 Å². The largest absolute Gasteiger partial charge is 0.304 e. The lowest BCUT2D eigenvalue weighted by molar-refractivity contribution is -0.114. The molecule has 0 atom stereocenters. The molecule has 0 saturated heterocycles. The first-order valence-corrected chi connectivity index (χ1v) is 6.34. The van der Waals surface area contributed by atoms with Crippen LogP contribution in [-0.2, 0) is 4.79 Å². The highest BCUT2D eigenvalue weighted by atomic mass is 19.1. The van der Waals surface area contributed by atoms with Crippen LogP contribution in [0.1, 0.15) is 36.2 Å². The number of ketones is 1. The fourth-order valence-electron chi connectivity index (χ4n) is 2.27. The molecule has 0 spiro atoms. The van der Waals surface area contributed by atoms with E-state index in [1.54, 1.807) is 20.8 Å². The summed E-state index contributed by atoms with van der Waals surface area (Å²) in [7, 11) is 0. The van der Waals surface area contributed by atoms with Crippen LogP contribution in [0.5, 0.6) is 0 Å². The molecule has 0 aliphatic carbocycles. The third kappa shape index (κ3) is 2.29. The van der Waals surface area contributed by atoms with Crippen LogP contribution >= 0.6 is 0 Å². The van der Waals surface area contributed by atoms with E-state index in [0.29, 0.717) is 17.7 Å². The molecule has 0 N–H and O–H groups in total. The van der Waals surface area contributed by atoms with Crippen molar-refractivity contribution in [2.75, 3.05) is 11.4 Å². The first-order chi connectivity index (χ1) is 9.26. The summed E-state index contributed by atoms with van der Waals surface area (Å²) in [6.45, 7) is 5.47. The Morgan fingerprint density at radius 2 is 2.00 bits per heavy atom. The predicted octanol–water partition coefficient (Wildman–Crippen LogP) is 2.60. The summed E-state index contributed by atoms with van der Waals surface area (Å²) in [5.74, 6) is -1.86. The van der Waals surface area contributed by atoms with Gasteiger partial charge in [-0.15, -0.1) is 0 Å². The minimum Gasteiger partial charge on any atom is -0.304 e. The Hall–Kier alpha value is -2.22. The second kappa shape index (κ2) is 4.71. The van der Waals surface area contributed by atoms with E-state index in [9.17, 15) is 14.0 Å². The van der Waals surface area contributed by atoms with E-state index in [1.165, 1.54) is 11.0 Å². The maximum Gasteiger partial charge on any atom is 0.299 e. The lowest BCUT2D eigenvalue weighted by Crippen LogP contribution is -2.33. The zero-order valence-corrected chi connectivity index (χ0v) is 11.7. The number of carbonyl (C=O) groups excluding carboxylic acids is 2. The minimum absolute atomic E-state index is 0.113. The van der Waals surface area contributed by atoms with Gasteiger partial charge in [-0.3, -0.25) is 9.59 Å². The molecule has 0 bridgehead atoms. The summed E-state index contributed by atoms with van der Waals surface area (Å²) >= 11 is 0. The zero-order chi connectivity index (χ0) is 15.1. The molecule has 1 aliphatic rings. The lowest BCUT2D eigenvalue weighted by Gasteiger charge is -2.22. The van der Waals surface area contributed by atoms with Crippen molar-refractivity contribution in [3.8, 4) is 6.07 Å². The Kier molecular flexibility index (Phi) is 3.34. The fraction of sp³-hybridized carbons (Fsp3) is 0.400. The molecule has 1 amide bonds. The van der Waals surface area contributed by atoms with Crippen LogP contribution in [0.4, 0.5) is 10.1 Å². The van der Waals surface area contributed by atoms with Crippen molar-refractivity contribution in [2.24, 2.45) is 5.41 Å². The lowest BCUT2D eigenvalue weighted by atomic mass is 9.91. The van der Waals surface area contributed by atoms with Crippen LogP contribution in [-0.4, -0.2) is 18.2 Å². The summed E-state index contributed by atoms with van der Waals surface area (Å²) in [6, 6.07) is 4.55. The number of rotatable bonds is 3. The molecule has 4 nitrogen and oxygen atoms in total. The number of hydrogen-bond donors (Lipinski definition) is 0. The molecule has 0 aromatic heterocycles. The average Bonchev–Trinajstić information content (AvgIpc) is 2.61. The number of benzene rings is 1. The number of anilines is 1. The van der Waals surface area contributed by atoms with Crippen molar-refractivity contribution in [1.82, 2.24) is 0 Å². The third-order valence-corrected chi connectivity index (χ3v) is 3.48. The van der Waals surface area contributed by atoms with Crippen molar-refractivity contribution >= 4 is 17.4 Å². The van der Waals surface area contributed by atoms with E-state index in [4.69, 9.17) is 5.26 Å². The monoisotopic (exact) mass is 274 g/mol. The van der Waals surface area contributed by atoms with Crippen LogP contribution in [0, 0.1) is 29.5 Å². The highest BCUT2D eigenvalue weighted by Crippen LogP contribution is 2.34. The van der Waals surface area contributed by atoms with Gasteiger partial charge >= 0.3 is 0 Å². The summed E-state index contributed by atoms with van der Waals surface area (Å²) < 4.78 is 13.4. The smallest absolute Gasteiger partial charge is 0.299 e. The molecule has 1 aromatic carbocycles. The van der Waals surface area contributed by atoms with Gasteiger partial charge in [0.2, 0.25) is 0 Å². The topological polar surface area (TPSA) is 61.2 Å². The van der Waals surface area contributed by atoms with E-state index in [0.717, 1.165) is 6.07 Å². The maximum atomic E-state index is 13.4. The van der Waals surface area contributed by atoms with Crippen molar-refractivity contribution in [2.45, 2.75) is 27.2 Å². The maximum absolute atomic E-state index is 13.4. The molecule has 1 heterocycles. The molecular formula is C15H15FN2O2. The third-order valence-electron chi connectivity index (χ3n) is 3.48. The van der Waals surface area contributed by atoms with E-state index in [-0.39, 0.29) is 12.1 Å². The Balaban J connectivity index is 2.37. The standard InChI is InChI=1S/C15H15FN2O2/c1-9-6-10(16)7-11-12(9)18(14(20)13(11)19)5-4-15(2,3)8-17/h6-7H,4-5H2,1-3H3. The van der Waals surface area contributed by atoms with Gasteiger partial charge < -0.3 is 4.90 Å². The number of carbonyl (C=O) groups is 2. The number of nitriles is 1. The minimum atomic E-state index is -0.683. The van der Waals surface area contributed by atoms with E-state index in [2.05, 4.69) is 6.07 Å². The van der Waals surface area contributed by atoms with Gasteiger partial charge in [0.15, 0.2) is 0 Å². The van der Waals surface area contributed by atoms with Gasteiger partial charge in [0, 0.05) is 6.54 Å². The number of nitrogens with zero attached hydrogens (tertiary/aromatic N) is 2. The van der Waals surface area contributed by atoms with Crippen LogP contribution < -0.4 is 4.90 Å². The second-order valence-corrected chi connectivity index (χ2v) is 5.65. The van der Waals surface area contributed by atoms with Gasteiger partial charge in [-0.25, -0.2) is 4.39 Å². The Bertz CT molecular complexity index is 644. The predicted molar refractivity (Wildman–Crippen MR) is 71.8 cm³/mol. The quantitative estimate of drug-likeness (QED) is 0.796. The molecule has 0 fully saturated rings. The number of halogens is 1. The van der Waals surface area contributed by atoms with E-state index >= 15 is 0 Å². The average molecular weight is 274 g/mol. The summed E-state index contributed by atoms with van der Waals surface area (Å²) in [5.41, 5.74) is 0.548. The van der Waals surface area contributed by atoms with E-state index in [1.807, 2.05) is 0 Å². The molecule has 2 rings (SSSR count). The van der Waals surface area contributed by atoms with Crippen molar-refractivity contribution < 1.29 is 14.0 Å². The highest BCUT2D eigenvalue weighted by Gasteiger charge is 2.38. The summed E-state index contributed by atoms with van der Waals surface area (Å²) in [5, 5.41) is 9.00. The van der Waals surface area contributed by atoms with Crippen molar-refractivity contribution in [1.29, 1.82) is 5.26 Å². The molecule has 0 radical (unpaired) electrons. The van der Waals surface area contributed by atoms with Gasteiger partial charge in [-0.1, -0.05) is 0 Å². The number of amides is 1.